The maximum absolute atomic E-state index is 12.9. The Morgan fingerprint density at radius 3 is 2.43 bits per heavy atom. The zero-order valence-corrected chi connectivity index (χ0v) is 17.2. The molecular formula is C23H23N5O2. The molecular weight excluding hydrogens is 378 g/mol. The lowest BCUT2D eigenvalue weighted by Crippen LogP contribution is -2.30. The first-order valence-electron chi connectivity index (χ1n) is 9.87. The molecule has 0 saturated heterocycles. The van der Waals surface area contributed by atoms with Crippen LogP contribution in [0.5, 0.6) is 0 Å². The Kier molecular flexibility index (Phi) is 5.18. The lowest BCUT2D eigenvalue weighted by Gasteiger charge is -2.11. The number of para-hydroxylation sites is 1. The first-order valence-corrected chi connectivity index (χ1v) is 9.87. The topological polar surface area (TPSA) is 81.3 Å². The van der Waals surface area contributed by atoms with Gasteiger partial charge in [-0.1, -0.05) is 49.4 Å². The van der Waals surface area contributed by atoms with Gasteiger partial charge >= 0.3 is 0 Å². The van der Waals surface area contributed by atoms with Crippen molar-refractivity contribution in [3.8, 4) is 11.3 Å². The summed E-state index contributed by atoms with van der Waals surface area (Å²) in [5.74, 6) is -0.304. The van der Waals surface area contributed by atoms with Gasteiger partial charge in [0, 0.05) is 11.3 Å². The van der Waals surface area contributed by atoms with Crippen molar-refractivity contribution in [2.75, 3.05) is 5.32 Å². The predicted molar refractivity (Wildman–Crippen MR) is 117 cm³/mol. The monoisotopic (exact) mass is 401 g/mol. The molecule has 2 aromatic heterocycles. The van der Waals surface area contributed by atoms with E-state index < -0.39 is 0 Å². The van der Waals surface area contributed by atoms with E-state index >= 15 is 0 Å². The molecule has 0 fully saturated rings. The molecule has 152 valence electrons. The number of fused-ring (bicyclic) bond motifs is 1. The normalized spacial score (nSPS) is 11.0. The molecule has 0 saturated carbocycles. The van der Waals surface area contributed by atoms with E-state index in [1.165, 1.54) is 16.4 Å². The number of hydrogen-bond donors (Lipinski definition) is 1. The van der Waals surface area contributed by atoms with Crippen LogP contribution in [0, 0.1) is 13.8 Å². The summed E-state index contributed by atoms with van der Waals surface area (Å²) in [7, 11) is 0. The third-order valence-corrected chi connectivity index (χ3v) is 5.19. The molecule has 0 atom stereocenters. The summed E-state index contributed by atoms with van der Waals surface area (Å²) < 4.78 is 2.61. The third kappa shape index (κ3) is 3.74. The largest absolute Gasteiger partial charge is 0.324 e. The Balaban J connectivity index is 1.60. The van der Waals surface area contributed by atoms with Gasteiger partial charge < -0.3 is 5.32 Å². The van der Waals surface area contributed by atoms with Crippen LogP contribution in [0.25, 0.3) is 16.8 Å². The zero-order valence-electron chi connectivity index (χ0n) is 17.2. The molecule has 30 heavy (non-hydrogen) atoms. The van der Waals surface area contributed by atoms with Gasteiger partial charge in [-0.3, -0.25) is 9.59 Å². The van der Waals surface area contributed by atoms with Crippen LogP contribution in [0.2, 0.25) is 0 Å². The fourth-order valence-corrected chi connectivity index (χ4v) is 3.43. The number of nitrogens with zero attached hydrogens (tertiary/aromatic N) is 4. The molecule has 0 bridgehead atoms. The van der Waals surface area contributed by atoms with Crippen LogP contribution in [0.4, 0.5) is 5.69 Å². The number of benzene rings is 2. The molecule has 1 N–H and O–H groups in total. The molecule has 7 nitrogen and oxygen atoms in total. The van der Waals surface area contributed by atoms with Gasteiger partial charge in [-0.05, 0) is 43.0 Å². The second-order valence-electron chi connectivity index (χ2n) is 7.32. The number of hydrogen-bond acceptors (Lipinski definition) is 4. The molecule has 0 aliphatic heterocycles. The maximum Gasteiger partial charge on any atom is 0.293 e. The highest BCUT2D eigenvalue weighted by Crippen LogP contribution is 2.20. The van der Waals surface area contributed by atoms with Crippen molar-refractivity contribution in [3.05, 3.63) is 81.9 Å². The second-order valence-corrected chi connectivity index (χ2v) is 7.32. The van der Waals surface area contributed by atoms with Crippen molar-refractivity contribution in [2.45, 2.75) is 33.7 Å². The summed E-state index contributed by atoms with van der Waals surface area (Å²) in [6.45, 7) is 5.79. The number of amides is 1. The van der Waals surface area contributed by atoms with Crippen molar-refractivity contribution < 1.29 is 4.79 Å². The standard InChI is InChI=1S/C23H23N5O2/c1-4-17-8-10-18(11-9-17)19-12-20-23(30)27(24-14-28(20)26-19)13-21(29)25-22-15(2)6-5-7-16(22)3/h5-12,14H,4,13H2,1-3H3,(H,25,29). The molecule has 7 heteroatoms. The first-order chi connectivity index (χ1) is 14.5. The van der Waals surface area contributed by atoms with E-state index in [2.05, 4.69) is 22.4 Å². The van der Waals surface area contributed by atoms with Gasteiger partial charge in [-0.25, -0.2) is 9.20 Å². The minimum atomic E-state index is -0.363. The third-order valence-electron chi connectivity index (χ3n) is 5.19. The van der Waals surface area contributed by atoms with Crippen LogP contribution in [0.1, 0.15) is 23.6 Å². The van der Waals surface area contributed by atoms with Crippen molar-refractivity contribution in [3.63, 3.8) is 0 Å². The fourth-order valence-electron chi connectivity index (χ4n) is 3.43. The Bertz CT molecular complexity index is 1270. The van der Waals surface area contributed by atoms with E-state index in [4.69, 9.17) is 0 Å². The lowest BCUT2D eigenvalue weighted by atomic mass is 10.1. The Morgan fingerprint density at radius 1 is 1.07 bits per heavy atom. The highest BCUT2D eigenvalue weighted by molar-refractivity contribution is 5.92. The number of aryl methyl sites for hydroxylation is 3. The molecule has 0 radical (unpaired) electrons. The molecule has 0 spiro atoms. The zero-order chi connectivity index (χ0) is 21.3. The van der Waals surface area contributed by atoms with Gasteiger partial charge in [-0.15, -0.1) is 0 Å². The molecule has 4 aromatic rings. The summed E-state index contributed by atoms with van der Waals surface area (Å²) in [6.07, 6.45) is 2.41. The molecule has 4 rings (SSSR count). The van der Waals surface area contributed by atoms with Gasteiger partial charge in [0.2, 0.25) is 5.91 Å². The van der Waals surface area contributed by atoms with E-state index in [0.29, 0.717) is 11.2 Å². The number of aromatic nitrogens is 4. The smallest absolute Gasteiger partial charge is 0.293 e. The van der Waals surface area contributed by atoms with E-state index in [9.17, 15) is 9.59 Å². The molecule has 0 unspecified atom stereocenters. The van der Waals surface area contributed by atoms with Crippen LogP contribution in [-0.2, 0) is 17.8 Å². The first kappa shape index (κ1) is 19.6. The number of carbonyl (C=O) groups is 1. The average Bonchev–Trinajstić information content (AvgIpc) is 3.18. The highest BCUT2D eigenvalue weighted by atomic mass is 16.2. The quantitative estimate of drug-likeness (QED) is 0.556. The molecule has 1 amide bonds. The van der Waals surface area contributed by atoms with Crippen LogP contribution < -0.4 is 10.9 Å². The van der Waals surface area contributed by atoms with Crippen molar-refractivity contribution in [1.82, 2.24) is 19.4 Å². The van der Waals surface area contributed by atoms with Crippen molar-refractivity contribution >= 4 is 17.1 Å². The fraction of sp³-hybridized carbons (Fsp3) is 0.217. The number of nitrogens with one attached hydrogen (secondary N) is 1. The molecule has 0 aliphatic carbocycles. The maximum atomic E-state index is 12.9. The summed E-state index contributed by atoms with van der Waals surface area (Å²) in [5, 5.41) is 11.4. The number of carbonyl (C=O) groups excluding carboxylic acids is 1. The summed E-state index contributed by atoms with van der Waals surface area (Å²) in [4.78, 5) is 25.4. The number of rotatable bonds is 5. The van der Waals surface area contributed by atoms with Gasteiger partial charge in [0.15, 0.2) is 0 Å². The summed E-state index contributed by atoms with van der Waals surface area (Å²) >= 11 is 0. The van der Waals surface area contributed by atoms with Gasteiger partial charge in [0.1, 0.15) is 18.4 Å². The Hall–Kier alpha value is -3.74. The Morgan fingerprint density at radius 2 is 1.77 bits per heavy atom. The van der Waals surface area contributed by atoms with Crippen LogP contribution >= 0.6 is 0 Å². The van der Waals surface area contributed by atoms with Crippen LogP contribution in [0.3, 0.4) is 0 Å². The Labute approximate surface area is 174 Å². The highest BCUT2D eigenvalue weighted by Gasteiger charge is 2.13. The van der Waals surface area contributed by atoms with E-state index in [1.54, 1.807) is 6.07 Å². The minimum absolute atomic E-state index is 0.172. The molecule has 2 aromatic carbocycles. The molecule has 2 heterocycles. The van der Waals surface area contributed by atoms with Crippen LogP contribution in [0.15, 0.2) is 59.7 Å². The van der Waals surface area contributed by atoms with Gasteiger partial charge in [0.05, 0.1) is 5.69 Å². The van der Waals surface area contributed by atoms with Gasteiger partial charge in [0.25, 0.3) is 5.56 Å². The van der Waals surface area contributed by atoms with Crippen molar-refractivity contribution in [1.29, 1.82) is 0 Å². The van der Waals surface area contributed by atoms with Crippen LogP contribution in [-0.4, -0.2) is 25.3 Å². The van der Waals surface area contributed by atoms with E-state index in [1.807, 2.05) is 56.3 Å². The summed E-state index contributed by atoms with van der Waals surface area (Å²) in [5.41, 5.74) is 5.56. The van der Waals surface area contributed by atoms with Crippen molar-refractivity contribution in [2.24, 2.45) is 0 Å². The number of anilines is 1. The lowest BCUT2D eigenvalue weighted by molar-refractivity contribution is -0.117. The van der Waals surface area contributed by atoms with E-state index in [-0.39, 0.29) is 18.0 Å². The second kappa shape index (κ2) is 7.94. The van der Waals surface area contributed by atoms with Gasteiger partial charge in [-0.2, -0.15) is 10.2 Å². The SMILES string of the molecule is CCc1ccc(-c2cc3c(=O)n(CC(=O)Nc4c(C)cccc4C)ncn3n2)cc1. The van der Waals surface area contributed by atoms with E-state index in [0.717, 1.165) is 33.5 Å². The summed E-state index contributed by atoms with van der Waals surface area (Å²) in [6, 6.07) is 15.6. The minimum Gasteiger partial charge on any atom is -0.324 e. The molecule has 0 aliphatic rings. The average molecular weight is 401 g/mol. The predicted octanol–water partition coefficient (Wildman–Crippen LogP) is 3.38.